The second kappa shape index (κ2) is 4.53. The minimum absolute atomic E-state index is 0.271. The van der Waals surface area contributed by atoms with Gasteiger partial charge in [-0.3, -0.25) is 9.88 Å². The van der Waals surface area contributed by atoms with Crippen LogP contribution < -0.4 is 0 Å². The topological polar surface area (TPSA) is 36.4 Å². The van der Waals surface area contributed by atoms with Gasteiger partial charge in [0.1, 0.15) is 0 Å². The Morgan fingerprint density at radius 3 is 3.14 bits per heavy atom. The van der Waals surface area contributed by atoms with E-state index in [2.05, 4.69) is 9.88 Å². The molecule has 76 valence electrons. The molecule has 3 heteroatoms. The van der Waals surface area contributed by atoms with Crippen LogP contribution in [0.1, 0.15) is 18.5 Å². The van der Waals surface area contributed by atoms with E-state index in [1.54, 1.807) is 0 Å². The maximum Gasteiger partial charge on any atom is 0.0587 e. The summed E-state index contributed by atoms with van der Waals surface area (Å²) in [7, 11) is 0. The summed E-state index contributed by atoms with van der Waals surface area (Å²) in [5.74, 6) is 0. The quantitative estimate of drug-likeness (QED) is 0.777. The molecule has 1 atom stereocenters. The summed E-state index contributed by atoms with van der Waals surface area (Å²) < 4.78 is 0. The van der Waals surface area contributed by atoms with Crippen molar-refractivity contribution in [1.82, 2.24) is 9.88 Å². The van der Waals surface area contributed by atoms with Crippen molar-refractivity contribution in [3.05, 3.63) is 30.1 Å². The van der Waals surface area contributed by atoms with E-state index in [0.717, 1.165) is 25.2 Å². The molecule has 2 rings (SSSR count). The molecule has 1 aromatic rings. The fourth-order valence-corrected chi connectivity index (χ4v) is 2.01. The van der Waals surface area contributed by atoms with E-state index in [-0.39, 0.29) is 6.61 Å². The highest BCUT2D eigenvalue weighted by molar-refractivity contribution is 5.04. The molecule has 1 aliphatic rings. The number of aliphatic hydroxyl groups is 1. The first-order chi connectivity index (χ1) is 6.90. The van der Waals surface area contributed by atoms with Crippen molar-refractivity contribution in [3.63, 3.8) is 0 Å². The van der Waals surface area contributed by atoms with Gasteiger partial charge in [0.25, 0.3) is 0 Å². The largest absolute Gasteiger partial charge is 0.395 e. The van der Waals surface area contributed by atoms with Gasteiger partial charge in [0.2, 0.25) is 0 Å². The molecule has 1 N–H and O–H groups in total. The van der Waals surface area contributed by atoms with Crippen molar-refractivity contribution in [3.8, 4) is 0 Å². The summed E-state index contributed by atoms with van der Waals surface area (Å²) in [5.41, 5.74) is 1.09. The number of likely N-dealkylation sites (tertiary alicyclic amines) is 1. The Bertz CT molecular complexity index is 276. The predicted molar refractivity (Wildman–Crippen MR) is 54.8 cm³/mol. The summed E-state index contributed by atoms with van der Waals surface area (Å²) in [6.45, 7) is 2.22. The van der Waals surface area contributed by atoms with E-state index in [1.165, 1.54) is 6.42 Å². The molecule has 1 saturated heterocycles. The van der Waals surface area contributed by atoms with Crippen LogP contribution in [0.25, 0.3) is 0 Å². The predicted octanol–water partition coefficient (Wildman–Crippen LogP) is 1.04. The molecule has 0 amide bonds. The van der Waals surface area contributed by atoms with Crippen LogP contribution in [0.3, 0.4) is 0 Å². The Balaban J connectivity index is 1.97. The second-order valence-corrected chi connectivity index (χ2v) is 3.77. The number of aliphatic hydroxyl groups excluding tert-OH is 1. The first-order valence-electron chi connectivity index (χ1n) is 5.15. The monoisotopic (exact) mass is 192 g/mol. The minimum atomic E-state index is 0.271. The lowest BCUT2D eigenvalue weighted by atomic mass is 10.2. The lowest BCUT2D eigenvalue weighted by Crippen LogP contribution is -2.31. The van der Waals surface area contributed by atoms with Crippen molar-refractivity contribution in [2.45, 2.75) is 25.4 Å². The Hall–Kier alpha value is -0.930. The summed E-state index contributed by atoms with van der Waals surface area (Å²) in [6.07, 6.45) is 4.13. The number of rotatable bonds is 3. The molecule has 1 aliphatic heterocycles. The van der Waals surface area contributed by atoms with E-state index in [0.29, 0.717) is 6.04 Å². The van der Waals surface area contributed by atoms with Crippen LogP contribution in [-0.4, -0.2) is 34.2 Å². The van der Waals surface area contributed by atoms with Gasteiger partial charge in [-0.25, -0.2) is 0 Å². The van der Waals surface area contributed by atoms with Crippen LogP contribution in [0.15, 0.2) is 24.4 Å². The molecular weight excluding hydrogens is 176 g/mol. The second-order valence-electron chi connectivity index (χ2n) is 3.77. The SMILES string of the molecule is OC[C@H]1CCCN1Cc1ccccn1. The van der Waals surface area contributed by atoms with Crippen LogP contribution >= 0.6 is 0 Å². The first kappa shape index (κ1) is 9.62. The first-order valence-corrected chi connectivity index (χ1v) is 5.15. The molecule has 0 aliphatic carbocycles. The molecule has 0 aromatic carbocycles. The van der Waals surface area contributed by atoms with Gasteiger partial charge < -0.3 is 5.11 Å². The molecule has 3 nitrogen and oxygen atoms in total. The van der Waals surface area contributed by atoms with Crippen molar-refractivity contribution < 1.29 is 5.11 Å². The maximum absolute atomic E-state index is 9.15. The van der Waals surface area contributed by atoms with Crippen LogP contribution in [0.4, 0.5) is 0 Å². The molecule has 0 unspecified atom stereocenters. The highest BCUT2D eigenvalue weighted by Crippen LogP contribution is 2.18. The lowest BCUT2D eigenvalue weighted by Gasteiger charge is -2.21. The average Bonchev–Trinajstić information content (AvgIpc) is 2.67. The zero-order valence-electron chi connectivity index (χ0n) is 8.26. The molecule has 1 fully saturated rings. The molecular formula is C11H16N2O. The third-order valence-corrected chi connectivity index (χ3v) is 2.80. The van der Waals surface area contributed by atoms with Gasteiger partial charge in [-0.15, -0.1) is 0 Å². The lowest BCUT2D eigenvalue weighted by molar-refractivity contribution is 0.152. The van der Waals surface area contributed by atoms with E-state index < -0.39 is 0 Å². The van der Waals surface area contributed by atoms with Gasteiger partial charge in [0.15, 0.2) is 0 Å². The molecule has 14 heavy (non-hydrogen) atoms. The summed E-state index contributed by atoms with van der Waals surface area (Å²) in [5, 5.41) is 9.15. The Labute approximate surface area is 84.4 Å². The van der Waals surface area contributed by atoms with E-state index >= 15 is 0 Å². The minimum Gasteiger partial charge on any atom is -0.395 e. The van der Waals surface area contributed by atoms with Crippen LogP contribution in [-0.2, 0) is 6.54 Å². The van der Waals surface area contributed by atoms with E-state index in [1.807, 2.05) is 24.4 Å². The zero-order chi connectivity index (χ0) is 9.80. The summed E-state index contributed by atoms with van der Waals surface area (Å²) in [4.78, 5) is 6.60. The highest BCUT2D eigenvalue weighted by atomic mass is 16.3. The average molecular weight is 192 g/mol. The third kappa shape index (κ3) is 2.11. The number of hydrogen-bond acceptors (Lipinski definition) is 3. The normalized spacial score (nSPS) is 22.8. The van der Waals surface area contributed by atoms with Crippen molar-refractivity contribution in [2.75, 3.05) is 13.2 Å². The number of aromatic nitrogens is 1. The standard InChI is InChI=1S/C11H16N2O/c14-9-11-5-3-7-13(11)8-10-4-1-2-6-12-10/h1-2,4,6,11,14H,3,5,7-9H2/t11-/m1/s1. The molecule has 0 spiro atoms. The van der Waals surface area contributed by atoms with Crippen molar-refractivity contribution in [2.24, 2.45) is 0 Å². The maximum atomic E-state index is 9.15. The Morgan fingerprint density at radius 2 is 2.43 bits per heavy atom. The molecule has 0 bridgehead atoms. The molecule has 0 radical (unpaired) electrons. The van der Waals surface area contributed by atoms with Crippen molar-refractivity contribution in [1.29, 1.82) is 0 Å². The Kier molecular flexibility index (Phi) is 3.11. The van der Waals surface area contributed by atoms with Gasteiger partial charge in [0.05, 0.1) is 12.3 Å². The smallest absolute Gasteiger partial charge is 0.0587 e. The third-order valence-electron chi connectivity index (χ3n) is 2.80. The van der Waals surface area contributed by atoms with E-state index in [9.17, 15) is 0 Å². The van der Waals surface area contributed by atoms with Gasteiger partial charge in [-0.2, -0.15) is 0 Å². The number of pyridine rings is 1. The van der Waals surface area contributed by atoms with Gasteiger partial charge in [0, 0.05) is 18.8 Å². The molecule has 2 heterocycles. The fourth-order valence-electron chi connectivity index (χ4n) is 2.01. The molecule has 0 saturated carbocycles. The van der Waals surface area contributed by atoms with Crippen LogP contribution in [0.2, 0.25) is 0 Å². The zero-order valence-corrected chi connectivity index (χ0v) is 8.26. The number of nitrogens with zero attached hydrogens (tertiary/aromatic N) is 2. The number of hydrogen-bond donors (Lipinski definition) is 1. The van der Waals surface area contributed by atoms with Gasteiger partial charge in [-0.05, 0) is 31.5 Å². The van der Waals surface area contributed by atoms with Crippen molar-refractivity contribution >= 4 is 0 Å². The van der Waals surface area contributed by atoms with Crippen LogP contribution in [0.5, 0.6) is 0 Å². The molecule has 1 aromatic heterocycles. The highest BCUT2D eigenvalue weighted by Gasteiger charge is 2.23. The van der Waals surface area contributed by atoms with E-state index in [4.69, 9.17) is 5.11 Å². The van der Waals surface area contributed by atoms with Crippen LogP contribution in [0, 0.1) is 0 Å². The summed E-state index contributed by atoms with van der Waals surface area (Å²) in [6, 6.07) is 6.31. The Morgan fingerprint density at radius 1 is 1.50 bits per heavy atom. The van der Waals surface area contributed by atoms with Gasteiger partial charge in [-0.1, -0.05) is 6.07 Å². The summed E-state index contributed by atoms with van der Waals surface area (Å²) >= 11 is 0. The fraction of sp³-hybridized carbons (Fsp3) is 0.545. The van der Waals surface area contributed by atoms with Gasteiger partial charge >= 0.3 is 0 Å².